The topological polar surface area (TPSA) is 102 Å². The fourth-order valence-electron chi connectivity index (χ4n) is 3.48. The lowest BCUT2D eigenvalue weighted by atomic mass is 10.2. The van der Waals surface area contributed by atoms with E-state index in [1.54, 1.807) is 49.4 Å². The van der Waals surface area contributed by atoms with E-state index in [1.165, 1.54) is 4.57 Å². The van der Waals surface area contributed by atoms with E-state index in [9.17, 15) is 9.59 Å². The number of hydrogen-bond donors (Lipinski definition) is 3. The lowest BCUT2D eigenvalue weighted by Gasteiger charge is -2.17. The Morgan fingerprint density at radius 3 is 2.56 bits per heavy atom. The second-order valence-electron chi connectivity index (χ2n) is 7.48. The molecule has 1 atom stereocenters. The molecule has 0 aliphatic heterocycles. The number of urea groups is 1. The van der Waals surface area contributed by atoms with Crippen LogP contribution in [-0.2, 0) is 0 Å². The molecule has 0 aliphatic carbocycles. The molecule has 0 aliphatic rings. The molecule has 3 aromatic carbocycles. The number of hydrogen-bond acceptors (Lipinski definition) is 4. The number of nitrogens with one attached hydrogen (secondary N) is 2. The largest absolute Gasteiger partial charge is 0.323 e. The smallest absolute Gasteiger partial charge is 0.322 e. The summed E-state index contributed by atoms with van der Waals surface area (Å²) in [4.78, 5) is 30.5. The highest BCUT2D eigenvalue weighted by Crippen LogP contribution is 2.23. The van der Waals surface area contributed by atoms with Crippen LogP contribution in [0.25, 0.3) is 16.6 Å². The van der Waals surface area contributed by atoms with Gasteiger partial charge in [-0.05, 0) is 55.8 Å². The van der Waals surface area contributed by atoms with Gasteiger partial charge in [0.15, 0.2) is 0 Å². The molecule has 1 aromatic heterocycles. The van der Waals surface area contributed by atoms with Gasteiger partial charge in [0.1, 0.15) is 5.82 Å². The van der Waals surface area contributed by atoms with Gasteiger partial charge in [0, 0.05) is 11.4 Å². The van der Waals surface area contributed by atoms with Gasteiger partial charge >= 0.3 is 6.03 Å². The molecule has 0 radical (unpaired) electrons. The number of aromatic nitrogens is 2. The summed E-state index contributed by atoms with van der Waals surface area (Å²) < 4.78 is 1.43. The van der Waals surface area contributed by atoms with Crippen molar-refractivity contribution >= 4 is 39.9 Å². The fourth-order valence-corrected chi connectivity index (χ4v) is 3.73. The van der Waals surface area contributed by atoms with Gasteiger partial charge in [-0.25, -0.2) is 9.78 Å². The van der Waals surface area contributed by atoms with Crippen molar-refractivity contribution in [2.45, 2.75) is 19.9 Å². The molecular formula is C24H22ClN5O2. The Labute approximate surface area is 189 Å². The Balaban J connectivity index is 1.73. The van der Waals surface area contributed by atoms with E-state index in [4.69, 9.17) is 17.3 Å². The molecule has 7 nitrogen and oxygen atoms in total. The lowest BCUT2D eigenvalue weighted by molar-refractivity contribution is 0.262. The Kier molecular flexibility index (Phi) is 5.94. The van der Waals surface area contributed by atoms with E-state index in [0.717, 1.165) is 5.56 Å². The van der Waals surface area contributed by atoms with Crippen LogP contribution in [0.3, 0.4) is 0 Å². The molecule has 0 bridgehead atoms. The number of rotatable bonds is 4. The first-order valence-electron chi connectivity index (χ1n) is 10.1. The number of amides is 2. The van der Waals surface area contributed by atoms with E-state index in [-0.39, 0.29) is 5.56 Å². The molecule has 8 heteroatoms. The number of aryl methyl sites for hydroxylation is 1. The van der Waals surface area contributed by atoms with E-state index in [1.807, 2.05) is 31.2 Å². The lowest BCUT2D eigenvalue weighted by Crippen LogP contribution is -2.28. The molecule has 1 heterocycles. The minimum atomic E-state index is -0.507. The predicted octanol–water partition coefficient (Wildman–Crippen LogP) is 5.01. The minimum Gasteiger partial charge on any atom is -0.322 e. The number of fused-ring (bicyclic) bond motifs is 1. The molecule has 0 saturated carbocycles. The van der Waals surface area contributed by atoms with Crippen LogP contribution in [0.5, 0.6) is 0 Å². The summed E-state index contributed by atoms with van der Waals surface area (Å²) in [5.74, 6) is 0.395. The number of para-hydroxylation sites is 1. The fraction of sp³-hybridized carbons (Fsp3) is 0.125. The molecule has 32 heavy (non-hydrogen) atoms. The highest BCUT2D eigenvalue weighted by molar-refractivity contribution is 6.35. The van der Waals surface area contributed by atoms with Gasteiger partial charge in [0.05, 0.1) is 27.7 Å². The summed E-state index contributed by atoms with van der Waals surface area (Å²) in [6, 6.07) is 18.6. The Morgan fingerprint density at radius 1 is 1.06 bits per heavy atom. The first-order chi connectivity index (χ1) is 15.3. The quantitative estimate of drug-likeness (QED) is 0.409. The summed E-state index contributed by atoms with van der Waals surface area (Å²) in [5, 5.41) is 6.25. The monoisotopic (exact) mass is 447 g/mol. The Morgan fingerprint density at radius 2 is 1.81 bits per heavy atom. The molecule has 2 amide bonds. The Hall–Kier alpha value is -3.68. The average molecular weight is 448 g/mol. The number of benzene rings is 3. The molecule has 4 N–H and O–H groups in total. The molecule has 0 fully saturated rings. The van der Waals surface area contributed by atoms with Gasteiger partial charge in [-0.15, -0.1) is 0 Å². The van der Waals surface area contributed by atoms with Gasteiger partial charge in [0.2, 0.25) is 0 Å². The predicted molar refractivity (Wildman–Crippen MR) is 129 cm³/mol. The zero-order chi connectivity index (χ0) is 22.8. The number of nitrogens with two attached hydrogens (primary N) is 1. The second kappa shape index (κ2) is 8.82. The summed E-state index contributed by atoms with van der Waals surface area (Å²) >= 11 is 6.29. The van der Waals surface area contributed by atoms with Gasteiger partial charge in [0.25, 0.3) is 5.56 Å². The van der Waals surface area contributed by atoms with Crippen molar-refractivity contribution in [3.8, 4) is 5.69 Å². The number of halogens is 1. The molecule has 0 saturated heterocycles. The van der Waals surface area contributed by atoms with Crippen LogP contribution in [0.2, 0.25) is 5.02 Å². The summed E-state index contributed by atoms with van der Waals surface area (Å²) in [6.45, 7) is 3.67. The van der Waals surface area contributed by atoms with E-state index in [2.05, 4.69) is 15.6 Å². The van der Waals surface area contributed by atoms with Gasteiger partial charge < -0.3 is 16.4 Å². The maximum atomic E-state index is 13.4. The number of carbonyl (C=O) groups excluding carboxylic acids is 1. The SMILES string of the molecule is Cc1ccccc1NC(=O)Nc1cccc(-n2c([C@H](C)N)nc3cccc(Cl)c3c2=O)c1. The van der Waals surface area contributed by atoms with Crippen LogP contribution in [0.1, 0.15) is 24.4 Å². The molecule has 0 spiro atoms. The van der Waals surface area contributed by atoms with Crippen molar-refractivity contribution in [3.63, 3.8) is 0 Å². The van der Waals surface area contributed by atoms with Crippen LogP contribution >= 0.6 is 11.6 Å². The van der Waals surface area contributed by atoms with Crippen molar-refractivity contribution in [3.05, 3.63) is 93.5 Å². The third-order valence-corrected chi connectivity index (χ3v) is 5.35. The molecule has 4 rings (SSSR count). The van der Waals surface area contributed by atoms with Gasteiger partial charge in [-0.2, -0.15) is 0 Å². The zero-order valence-corrected chi connectivity index (χ0v) is 18.4. The van der Waals surface area contributed by atoms with Crippen molar-refractivity contribution < 1.29 is 4.79 Å². The van der Waals surface area contributed by atoms with Gasteiger partial charge in [-0.3, -0.25) is 9.36 Å². The van der Waals surface area contributed by atoms with E-state index in [0.29, 0.717) is 38.8 Å². The molecular weight excluding hydrogens is 426 g/mol. The van der Waals surface area contributed by atoms with E-state index < -0.39 is 12.1 Å². The first-order valence-corrected chi connectivity index (χ1v) is 10.4. The van der Waals surface area contributed by atoms with Crippen LogP contribution in [0.4, 0.5) is 16.2 Å². The third kappa shape index (κ3) is 4.21. The molecule has 162 valence electrons. The average Bonchev–Trinajstić information content (AvgIpc) is 2.75. The van der Waals surface area contributed by atoms with Gasteiger partial charge in [-0.1, -0.05) is 41.9 Å². The third-order valence-electron chi connectivity index (χ3n) is 5.04. The van der Waals surface area contributed by atoms with Crippen molar-refractivity contribution in [1.82, 2.24) is 9.55 Å². The number of nitrogens with zero attached hydrogens (tertiary/aromatic N) is 2. The van der Waals surface area contributed by atoms with Crippen molar-refractivity contribution in [1.29, 1.82) is 0 Å². The van der Waals surface area contributed by atoms with E-state index >= 15 is 0 Å². The maximum Gasteiger partial charge on any atom is 0.323 e. The molecule has 4 aromatic rings. The summed E-state index contributed by atoms with van der Waals surface area (Å²) in [6.07, 6.45) is 0. The van der Waals surface area contributed by atoms with Crippen LogP contribution in [0.15, 0.2) is 71.5 Å². The second-order valence-corrected chi connectivity index (χ2v) is 7.88. The normalized spacial score (nSPS) is 11.9. The maximum absolute atomic E-state index is 13.4. The summed E-state index contributed by atoms with van der Waals surface area (Å²) in [5.41, 5.74) is 8.98. The van der Waals surface area contributed by atoms with Crippen molar-refractivity contribution in [2.75, 3.05) is 10.6 Å². The number of anilines is 2. The van der Waals surface area contributed by atoms with Crippen LogP contribution < -0.4 is 21.9 Å². The molecule has 0 unspecified atom stereocenters. The zero-order valence-electron chi connectivity index (χ0n) is 17.6. The highest BCUT2D eigenvalue weighted by Gasteiger charge is 2.17. The highest BCUT2D eigenvalue weighted by atomic mass is 35.5. The summed E-state index contributed by atoms with van der Waals surface area (Å²) in [7, 11) is 0. The standard InChI is InChI=1S/C24H22ClN5O2/c1-14-7-3-4-11-19(14)29-24(32)27-16-8-5-9-17(13-16)30-22(15(2)26)28-20-12-6-10-18(25)21(20)23(30)31/h3-13,15H,26H2,1-2H3,(H2,27,29,32)/t15-/m0/s1. The Bertz CT molecular complexity index is 1380. The first kappa shape index (κ1) is 21.5. The van der Waals surface area contributed by atoms with Crippen molar-refractivity contribution in [2.24, 2.45) is 5.73 Å². The van der Waals surface area contributed by atoms with Crippen LogP contribution in [0, 0.1) is 6.92 Å². The van der Waals surface area contributed by atoms with Crippen LogP contribution in [-0.4, -0.2) is 15.6 Å². The number of carbonyl (C=O) groups is 1. The minimum absolute atomic E-state index is 0.314.